The van der Waals surface area contributed by atoms with Crippen LogP contribution in [0.15, 0.2) is 36.7 Å². The predicted molar refractivity (Wildman–Crippen MR) is 111 cm³/mol. The molecule has 1 fully saturated rings. The Bertz CT molecular complexity index is 1190. The number of sulfonamides is 1. The van der Waals surface area contributed by atoms with Gasteiger partial charge in [-0.05, 0) is 31.2 Å². The third-order valence-electron chi connectivity index (χ3n) is 4.88. The van der Waals surface area contributed by atoms with Crippen molar-refractivity contribution in [2.24, 2.45) is 0 Å². The highest BCUT2D eigenvalue weighted by molar-refractivity contribution is 7.88. The summed E-state index contributed by atoms with van der Waals surface area (Å²) in [5, 5.41) is 3.99. The van der Waals surface area contributed by atoms with Gasteiger partial charge in [-0.25, -0.2) is 31.4 Å². The number of ether oxygens (including phenoxy) is 1. The standard InChI is InChI=1S/C19H22F2N6O3S/c1-12-10-26(11-14(30-12)8-24-31(2,28)29)13-5-6-22-16(7-13)17-9-23-18-4-3-15(19(20)21)25-27(17)18/h3-7,9,12,14,19,24H,8,10-11H2,1-2H3. The summed E-state index contributed by atoms with van der Waals surface area (Å²) in [5.41, 5.74) is 1.99. The molecule has 1 aliphatic rings. The molecule has 1 saturated heterocycles. The van der Waals surface area contributed by atoms with Crippen LogP contribution < -0.4 is 9.62 Å². The van der Waals surface area contributed by atoms with Gasteiger partial charge in [-0.15, -0.1) is 0 Å². The summed E-state index contributed by atoms with van der Waals surface area (Å²) in [5.74, 6) is 0. The Hall–Kier alpha value is -2.70. The maximum Gasteiger partial charge on any atom is 0.282 e. The highest BCUT2D eigenvalue weighted by atomic mass is 32.2. The van der Waals surface area contributed by atoms with Gasteiger partial charge < -0.3 is 9.64 Å². The maximum atomic E-state index is 13.1. The van der Waals surface area contributed by atoms with E-state index in [2.05, 4.69) is 24.7 Å². The average Bonchev–Trinajstić information content (AvgIpc) is 3.15. The molecule has 0 saturated carbocycles. The fourth-order valence-electron chi connectivity index (χ4n) is 3.55. The molecule has 0 radical (unpaired) electrons. The van der Waals surface area contributed by atoms with Crippen LogP contribution >= 0.6 is 0 Å². The molecule has 3 aromatic heterocycles. The number of hydrogen-bond acceptors (Lipinski definition) is 7. The normalized spacial score (nSPS) is 20.0. The Kier molecular flexibility index (Phi) is 5.86. The Morgan fingerprint density at radius 2 is 2.06 bits per heavy atom. The minimum Gasteiger partial charge on any atom is -0.370 e. The zero-order chi connectivity index (χ0) is 22.2. The Morgan fingerprint density at radius 3 is 2.81 bits per heavy atom. The molecule has 31 heavy (non-hydrogen) atoms. The van der Waals surface area contributed by atoms with Crippen molar-refractivity contribution in [1.82, 2.24) is 24.3 Å². The summed E-state index contributed by atoms with van der Waals surface area (Å²) in [7, 11) is -3.32. The number of halogens is 2. The summed E-state index contributed by atoms with van der Waals surface area (Å²) in [4.78, 5) is 10.7. The van der Waals surface area contributed by atoms with E-state index in [9.17, 15) is 17.2 Å². The molecule has 0 aromatic carbocycles. The summed E-state index contributed by atoms with van der Waals surface area (Å²) in [6.45, 7) is 3.18. The smallest absolute Gasteiger partial charge is 0.282 e. The van der Waals surface area contributed by atoms with E-state index in [0.29, 0.717) is 30.1 Å². The zero-order valence-corrected chi connectivity index (χ0v) is 17.8. The van der Waals surface area contributed by atoms with Crippen LogP contribution in [-0.4, -0.2) is 66.1 Å². The average molecular weight is 452 g/mol. The molecular weight excluding hydrogens is 430 g/mol. The van der Waals surface area contributed by atoms with Gasteiger partial charge in [0, 0.05) is 31.5 Å². The van der Waals surface area contributed by atoms with Gasteiger partial charge in [0.05, 0.1) is 30.4 Å². The van der Waals surface area contributed by atoms with Gasteiger partial charge in [0.2, 0.25) is 10.0 Å². The fraction of sp³-hybridized carbons (Fsp3) is 0.421. The van der Waals surface area contributed by atoms with E-state index in [1.54, 1.807) is 12.4 Å². The van der Waals surface area contributed by atoms with Crippen LogP contribution in [0, 0.1) is 0 Å². The van der Waals surface area contributed by atoms with Crippen molar-refractivity contribution in [3.63, 3.8) is 0 Å². The van der Waals surface area contributed by atoms with Gasteiger partial charge in [-0.2, -0.15) is 5.10 Å². The minimum absolute atomic E-state index is 0.109. The first-order valence-electron chi connectivity index (χ1n) is 9.64. The fourth-order valence-corrected chi connectivity index (χ4v) is 4.04. The molecule has 1 N–H and O–H groups in total. The SMILES string of the molecule is CC1CN(c2ccnc(-c3cnc4ccc(C(F)F)nn34)c2)CC(CNS(C)(=O)=O)O1. The van der Waals surface area contributed by atoms with Crippen LogP contribution in [-0.2, 0) is 14.8 Å². The van der Waals surface area contributed by atoms with E-state index in [-0.39, 0.29) is 24.4 Å². The molecule has 4 heterocycles. The van der Waals surface area contributed by atoms with Crippen molar-refractivity contribution in [2.75, 3.05) is 30.8 Å². The number of aromatic nitrogens is 4. The van der Waals surface area contributed by atoms with Crippen LogP contribution in [0.3, 0.4) is 0 Å². The topological polar surface area (TPSA) is 102 Å². The summed E-state index contributed by atoms with van der Waals surface area (Å²) in [6, 6.07) is 6.41. The van der Waals surface area contributed by atoms with E-state index >= 15 is 0 Å². The zero-order valence-electron chi connectivity index (χ0n) is 16.9. The summed E-state index contributed by atoms with van der Waals surface area (Å²) in [6.07, 6.45) is 1.17. The largest absolute Gasteiger partial charge is 0.370 e. The number of hydrogen-bond donors (Lipinski definition) is 1. The molecule has 0 bridgehead atoms. The third kappa shape index (κ3) is 4.97. The minimum atomic E-state index is -3.32. The molecule has 2 atom stereocenters. The predicted octanol–water partition coefficient (Wildman–Crippen LogP) is 1.87. The lowest BCUT2D eigenvalue weighted by Crippen LogP contribution is -2.50. The number of fused-ring (bicyclic) bond motifs is 1. The van der Waals surface area contributed by atoms with Gasteiger partial charge >= 0.3 is 0 Å². The molecular formula is C19H22F2N6O3S. The number of pyridine rings is 1. The second-order valence-electron chi connectivity index (χ2n) is 7.47. The molecule has 12 heteroatoms. The van der Waals surface area contributed by atoms with Gasteiger partial charge in [-0.3, -0.25) is 4.98 Å². The lowest BCUT2D eigenvalue weighted by molar-refractivity contribution is -0.0122. The molecule has 0 aliphatic carbocycles. The molecule has 1 aliphatic heterocycles. The maximum absolute atomic E-state index is 13.1. The number of nitrogens with one attached hydrogen (secondary N) is 1. The van der Waals surface area contributed by atoms with E-state index in [0.717, 1.165) is 11.9 Å². The van der Waals surface area contributed by atoms with Crippen molar-refractivity contribution in [3.05, 3.63) is 42.4 Å². The summed E-state index contributed by atoms with van der Waals surface area (Å²) >= 11 is 0. The molecule has 3 aromatic rings. The molecule has 4 rings (SSSR count). The van der Waals surface area contributed by atoms with Crippen molar-refractivity contribution in [3.8, 4) is 11.4 Å². The van der Waals surface area contributed by atoms with Crippen molar-refractivity contribution >= 4 is 21.4 Å². The van der Waals surface area contributed by atoms with Gasteiger partial charge in [0.15, 0.2) is 5.65 Å². The van der Waals surface area contributed by atoms with Gasteiger partial charge in [0.25, 0.3) is 6.43 Å². The molecule has 2 unspecified atom stereocenters. The first-order valence-corrected chi connectivity index (χ1v) is 11.5. The lowest BCUT2D eigenvalue weighted by Gasteiger charge is -2.38. The molecule has 9 nitrogen and oxygen atoms in total. The van der Waals surface area contributed by atoms with Gasteiger partial charge in [-0.1, -0.05) is 0 Å². The van der Waals surface area contributed by atoms with E-state index in [1.807, 2.05) is 19.1 Å². The Balaban J connectivity index is 1.61. The molecule has 166 valence electrons. The monoisotopic (exact) mass is 452 g/mol. The third-order valence-corrected chi connectivity index (χ3v) is 5.57. The first kappa shape index (κ1) is 21.5. The van der Waals surface area contributed by atoms with Crippen molar-refractivity contribution in [2.45, 2.75) is 25.6 Å². The lowest BCUT2D eigenvalue weighted by atomic mass is 10.1. The number of nitrogens with zero attached hydrogens (tertiary/aromatic N) is 5. The van der Waals surface area contributed by atoms with Gasteiger partial charge in [0.1, 0.15) is 11.4 Å². The Labute approximate surface area is 178 Å². The quantitative estimate of drug-likeness (QED) is 0.609. The number of imidazole rings is 1. The number of morpholine rings is 1. The highest BCUT2D eigenvalue weighted by Crippen LogP contribution is 2.26. The van der Waals surface area contributed by atoms with Crippen LogP contribution in [0.5, 0.6) is 0 Å². The van der Waals surface area contributed by atoms with E-state index in [4.69, 9.17) is 4.74 Å². The van der Waals surface area contributed by atoms with Crippen LogP contribution in [0.25, 0.3) is 17.0 Å². The second-order valence-corrected chi connectivity index (χ2v) is 9.30. The van der Waals surface area contributed by atoms with Crippen LogP contribution in [0.4, 0.5) is 14.5 Å². The molecule has 0 spiro atoms. The Morgan fingerprint density at radius 1 is 1.26 bits per heavy atom. The van der Waals surface area contributed by atoms with Crippen molar-refractivity contribution < 1.29 is 21.9 Å². The summed E-state index contributed by atoms with van der Waals surface area (Å²) < 4.78 is 58.7. The van der Waals surface area contributed by atoms with E-state index in [1.165, 1.54) is 16.6 Å². The second kappa shape index (κ2) is 8.44. The van der Waals surface area contributed by atoms with Crippen LogP contribution in [0.1, 0.15) is 19.0 Å². The van der Waals surface area contributed by atoms with Crippen LogP contribution in [0.2, 0.25) is 0 Å². The van der Waals surface area contributed by atoms with E-state index < -0.39 is 16.4 Å². The first-order chi connectivity index (χ1) is 14.7. The number of anilines is 1. The number of alkyl halides is 2. The molecule has 0 amide bonds. The number of rotatable bonds is 6. The highest BCUT2D eigenvalue weighted by Gasteiger charge is 2.26. The van der Waals surface area contributed by atoms with Crippen molar-refractivity contribution in [1.29, 1.82) is 0 Å².